The van der Waals surface area contributed by atoms with E-state index in [2.05, 4.69) is 9.97 Å². The molecule has 0 bridgehead atoms. The second kappa shape index (κ2) is 6.80. The predicted octanol–water partition coefficient (Wildman–Crippen LogP) is 3.00. The summed E-state index contributed by atoms with van der Waals surface area (Å²) in [5.41, 5.74) is 0.261. The van der Waals surface area contributed by atoms with Gasteiger partial charge in [0.2, 0.25) is 0 Å². The zero-order chi connectivity index (χ0) is 17.1. The summed E-state index contributed by atoms with van der Waals surface area (Å²) < 4.78 is 18.7. The minimum atomic E-state index is -0.669. The van der Waals surface area contributed by atoms with Crippen LogP contribution in [-0.4, -0.2) is 15.9 Å². The van der Waals surface area contributed by atoms with Gasteiger partial charge < -0.3 is 9.72 Å². The van der Waals surface area contributed by atoms with Gasteiger partial charge in [0, 0.05) is 10.6 Å². The summed E-state index contributed by atoms with van der Waals surface area (Å²) in [6, 6.07) is 11.0. The number of hydrogen-bond acceptors (Lipinski definition) is 4. The number of nitrogens with zero attached hydrogens (tertiary/aromatic N) is 1. The van der Waals surface area contributed by atoms with Gasteiger partial charge in [0.05, 0.1) is 17.3 Å². The number of fused-ring (bicyclic) bond motifs is 1. The first-order valence-corrected chi connectivity index (χ1v) is 7.49. The number of halogens is 2. The molecule has 0 spiro atoms. The van der Waals surface area contributed by atoms with Crippen LogP contribution in [0.25, 0.3) is 10.9 Å². The van der Waals surface area contributed by atoms with E-state index in [1.54, 1.807) is 24.3 Å². The van der Waals surface area contributed by atoms with Gasteiger partial charge in [-0.2, -0.15) is 0 Å². The fraction of sp³-hybridized carbons (Fsp3) is 0.118. The van der Waals surface area contributed by atoms with E-state index in [0.29, 0.717) is 10.9 Å². The molecule has 122 valence electrons. The van der Waals surface area contributed by atoms with Crippen molar-refractivity contribution >= 4 is 28.5 Å². The monoisotopic (exact) mass is 346 g/mol. The van der Waals surface area contributed by atoms with Crippen molar-refractivity contribution < 1.29 is 13.9 Å². The zero-order valence-electron chi connectivity index (χ0n) is 12.4. The molecule has 0 amide bonds. The fourth-order valence-corrected chi connectivity index (χ4v) is 2.48. The number of H-pyrrole nitrogens is 1. The van der Waals surface area contributed by atoms with Crippen molar-refractivity contribution in [3.8, 4) is 0 Å². The van der Waals surface area contributed by atoms with Crippen LogP contribution in [0.3, 0.4) is 0 Å². The van der Waals surface area contributed by atoms with Gasteiger partial charge in [-0.15, -0.1) is 0 Å². The molecule has 1 heterocycles. The number of esters is 1. The zero-order valence-corrected chi connectivity index (χ0v) is 13.1. The third kappa shape index (κ3) is 3.44. The molecule has 0 aliphatic heterocycles. The van der Waals surface area contributed by atoms with Crippen LogP contribution in [0.2, 0.25) is 5.02 Å². The molecule has 1 N–H and O–H groups in total. The summed E-state index contributed by atoms with van der Waals surface area (Å²) in [4.78, 5) is 30.6. The van der Waals surface area contributed by atoms with E-state index in [0.717, 1.165) is 0 Å². The van der Waals surface area contributed by atoms with Gasteiger partial charge in [0.15, 0.2) is 0 Å². The maximum atomic E-state index is 13.6. The Kier molecular flexibility index (Phi) is 4.57. The Morgan fingerprint density at radius 1 is 1.21 bits per heavy atom. The lowest BCUT2D eigenvalue weighted by Crippen LogP contribution is -2.15. The highest BCUT2D eigenvalue weighted by Crippen LogP contribution is 2.19. The number of ether oxygens (including phenoxy) is 1. The quantitative estimate of drug-likeness (QED) is 0.737. The molecule has 0 aliphatic rings. The van der Waals surface area contributed by atoms with Crippen LogP contribution in [-0.2, 0) is 22.6 Å². The smallest absolute Gasteiger partial charge is 0.310 e. The second-order valence-corrected chi connectivity index (χ2v) is 5.47. The molecule has 0 radical (unpaired) electrons. The highest BCUT2D eigenvalue weighted by Gasteiger charge is 2.13. The van der Waals surface area contributed by atoms with Crippen LogP contribution < -0.4 is 5.56 Å². The highest BCUT2D eigenvalue weighted by molar-refractivity contribution is 6.31. The average Bonchev–Trinajstić information content (AvgIpc) is 2.56. The fourth-order valence-electron chi connectivity index (χ4n) is 2.25. The number of benzene rings is 2. The molecular weight excluding hydrogens is 335 g/mol. The topological polar surface area (TPSA) is 72.0 Å². The second-order valence-electron chi connectivity index (χ2n) is 5.07. The van der Waals surface area contributed by atoms with Crippen molar-refractivity contribution in [2.24, 2.45) is 0 Å². The molecule has 0 saturated carbocycles. The number of carbonyl (C=O) groups excluding carboxylic acids is 1. The maximum absolute atomic E-state index is 13.6. The molecule has 0 saturated heterocycles. The lowest BCUT2D eigenvalue weighted by Gasteiger charge is -2.07. The molecule has 2 aromatic carbocycles. The van der Waals surface area contributed by atoms with Crippen molar-refractivity contribution in [3.05, 3.63) is 75.0 Å². The van der Waals surface area contributed by atoms with E-state index in [-0.39, 0.29) is 35.0 Å². The summed E-state index contributed by atoms with van der Waals surface area (Å²) >= 11 is 5.87. The van der Waals surface area contributed by atoms with Gasteiger partial charge in [-0.25, -0.2) is 9.37 Å². The standard InChI is InChI=1S/C17H12ClFN2O3/c18-12-5-3-6-13(19)11(12)8-16(22)24-9-15-20-14-7-2-1-4-10(14)17(23)21-15/h1-7H,8-9H2,(H,20,21,23). The van der Waals surface area contributed by atoms with Gasteiger partial charge in [0.25, 0.3) is 5.56 Å². The predicted molar refractivity (Wildman–Crippen MR) is 87.3 cm³/mol. The summed E-state index contributed by atoms with van der Waals surface area (Å²) in [5.74, 6) is -1.03. The first-order chi connectivity index (χ1) is 11.5. The first kappa shape index (κ1) is 16.1. The van der Waals surface area contributed by atoms with Gasteiger partial charge in [-0.3, -0.25) is 9.59 Å². The van der Waals surface area contributed by atoms with Crippen molar-refractivity contribution in [2.75, 3.05) is 0 Å². The summed E-state index contributed by atoms with van der Waals surface area (Å²) in [6.45, 7) is -0.217. The van der Waals surface area contributed by atoms with Crippen LogP contribution >= 0.6 is 11.6 Å². The van der Waals surface area contributed by atoms with Crippen LogP contribution in [0, 0.1) is 5.82 Å². The van der Waals surface area contributed by atoms with Gasteiger partial charge >= 0.3 is 5.97 Å². The van der Waals surface area contributed by atoms with Crippen LogP contribution in [0.4, 0.5) is 4.39 Å². The molecule has 5 nitrogen and oxygen atoms in total. The molecule has 3 aromatic rings. The third-order valence-corrected chi connectivity index (χ3v) is 3.77. The summed E-state index contributed by atoms with van der Waals surface area (Å²) in [5, 5.41) is 0.606. The van der Waals surface area contributed by atoms with Crippen molar-refractivity contribution in [3.63, 3.8) is 0 Å². The lowest BCUT2D eigenvalue weighted by atomic mass is 10.1. The van der Waals surface area contributed by atoms with Gasteiger partial charge in [-0.1, -0.05) is 29.8 Å². The molecule has 3 rings (SSSR count). The van der Waals surface area contributed by atoms with E-state index in [9.17, 15) is 14.0 Å². The molecule has 0 aliphatic carbocycles. The summed E-state index contributed by atoms with van der Waals surface area (Å²) in [7, 11) is 0. The minimum absolute atomic E-state index is 0.0733. The Morgan fingerprint density at radius 3 is 2.79 bits per heavy atom. The number of aromatic nitrogens is 2. The molecular formula is C17H12ClFN2O3. The highest BCUT2D eigenvalue weighted by atomic mass is 35.5. The molecule has 24 heavy (non-hydrogen) atoms. The first-order valence-electron chi connectivity index (χ1n) is 7.11. The van der Waals surface area contributed by atoms with E-state index >= 15 is 0 Å². The Labute approximate surface area is 141 Å². The summed E-state index contributed by atoms with van der Waals surface area (Å²) in [6.07, 6.45) is -0.302. The van der Waals surface area contributed by atoms with Crippen LogP contribution in [0.15, 0.2) is 47.3 Å². The SMILES string of the molecule is O=C(Cc1c(F)cccc1Cl)OCc1nc2ccccc2c(=O)[nH]1. The van der Waals surface area contributed by atoms with E-state index in [4.69, 9.17) is 16.3 Å². The van der Waals surface area contributed by atoms with E-state index in [1.165, 1.54) is 18.2 Å². The third-order valence-electron chi connectivity index (χ3n) is 3.41. The molecule has 7 heteroatoms. The van der Waals surface area contributed by atoms with Crippen molar-refractivity contribution in [1.82, 2.24) is 9.97 Å². The van der Waals surface area contributed by atoms with Gasteiger partial charge in [0.1, 0.15) is 18.2 Å². The largest absolute Gasteiger partial charge is 0.457 e. The molecule has 0 fully saturated rings. The number of nitrogens with one attached hydrogen (secondary N) is 1. The number of rotatable bonds is 4. The molecule has 1 aromatic heterocycles. The van der Waals surface area contributed by atoms with E-state index in [1.807, 2.05) is 0 Å². The van der Waals surface area contributed by atoms with Crippen LogP contribution in [0.1, 0.15) is 11.4 Å². The van der Waals surface area contributed by atoms with Crippen LogP contribution in [0.5, 0.6) is 0 Å². The molecule has 0 atom stereocenters. The maximum Gasteiger partial charge on any atom is 0.310 e. The van der Waals surface area contributed by atoms with Crippen molar-refractivity contribution in [2.45, 2.75) is 13.0 Å². The average molecular weight is 347 g/mol. The number of carbonyl (C=O) groups is 1. The Hall–Kier alpha value is -2.73. The minimum Gasteiger partial charge on any atom is -0.457 e. The Morgan fingerprint density at radius 2 is 2.00 bits per heavy atom. The Bertz CT molecular complexity index is 951. The van der Waals surface area contributed by atoms with Crippen molar-refractivity contribution in [1.29, 1.82) is 0 Å². The van der Waals surface area contributed by atoms with Gasteiger partial charge in [-0.05, 0) is 24.3 Å². The molecule has 0 unspecified atom stereocenters. The normalized spacial score (nSPS) is 10.8. The van der Waals surface area contributed by atoms with E-state index < -0.39 is 11.8 Å². The lowest BCUT2D eigenvalue weighted by molar-refractivity contribution is -0.144. The number of hydrogen-bond donors (Lipinski definition) is 1. The number of aromatic amines is 1. The Balaban J connectivity index is 1.72. The number of para-hydroxylation sites is 1.